The molecule has 0 saturated carbocycles. The van der Waals surface area contributed by atoms with Crippen molar-refractivity contribution in [3.05, 3.63) is 130 Å². The molecule has 196 valence electrons. The zero-order valence-corrected chi connectivity index (χ0v) is 24.0. The molecule has 0 unspecified atom stereocenters. The number of hydrogen-bond donors (Lipinski definition) is 0. The lowest BCUT2D eigenvalue weighted by molar-refractivity contribution is 0.660. The summed E-state index contributed by atoms with van der Waals surface area (Å²) in [5, 5.41) is 1.27. The monoisotopic (exact) mass is 496 g/mol. The number of para-hydroxylation sites is 2. The van der Waals surface area contributed by atoms with Gasteiger partial charge in [0.25, 0.3) is 0 Å². The molecule has 0 atom stereocenters. The predicted octanol–water partition coefficient (Wildman–Crippen LogP) is 10.7. The fraction of sp³-hybridized carbons (Fsp3) is 0.286. The molecule has 2 nitrogen and oxygen atoms in total. The molecule has 0 radical (unpaired) electrons. The molecule has 0 saturated heterocycles. The molecule has 5 rings (SSSR count). The fourth-order valence-electron chi connectivity index (χ4n) is 3.82. The van der Waals surface area contributed by atoms with Gasteiger partial charge in [0.2, 0.25) is 5.43 Å². The molecular weight excluding hydrogens is 452 g/mol. The van der Waals surface area contributed by atoms with Gasteiger partial charge in [0.1, 0.15) is 11.2 Å². The summed E-state index contributed by atoms with van der Waals surface area (Å²) in [4.78, 5) is 12.0. The molecular formula is C35H44O2. The summed E-state index contributed by atoms with van der Waals surface area (Å²) in [6.45, 7) is 16.4. The molecule has 2 aliphatic carbocycles. The lowest BCUT2D eigenvalue weighted by Gasteiger charge is -2.08. The maximum Gasteiger partial charge on any atom is 0.200 e. The molecule has 2 heteroatoms. The Labute approximate surface area is 224 Å². The van der Waals surface area contributed by atoms with Crippen molar-refractivity contribution in [2.75, 3.05) is 0 Å². The Morgan fingerprint density at radius 2 is 0.892 bits per heavy atom. The smallest absolute Gasteiger partial charge is 0.200 e. The average Bonchev–Trinajstić information content (AvgIpc) is 3.31. The first-order valence-electron chi connectivity index (χ1n) is 13.6. The molecule has 2 aromatic carbocycles. The van der Waals surface area contributed by atoms with Gasteiger partial charge >= 0.3 is 0 Å². The summed E-state index contributed by atoms with van der Waals surface area (Å²) in [6, 6.07) is 14.6. The van der Waals surface area contributed by atoms with Crippen molar-refractivity contribution < 1.29 is 4.42 Å². The first-order valence-corrected chi connectivity index (χ1v) is 13.6. The average molecular weight is 497 g/mol. The Balaban J connectivity index is 0.000000309. The second-order valence-electron chi connectivity index (χ2n) is 7.70. The number of rotatable bonds is 1. The number of allylic oxidation sites excluding steroid dienone is 12. The molecule has 0 amide bonds. The predicted molar refractivity (Wildman–Crippen MR) is 165 cm³/mol. The number of hydrogen-bond acceptors (Lipinski definition) is 2. The van der Waals surface area contributed by atoms with Gasteiger partial charge in [-0.15, -0.1) is 0 Å². The van der Waals surface area contributed by atoms with E-state index in [4.69, 9.17) is 4.42 Å². The van der Waals surface area contributed by atoms with Crippen molar-refractivity contribution in [1.82, 2.24) is 0 Å². The van der Waals surface area contributed by atoms with E-state index in [9.17, 15) is 4.79 Å². The van der Waals surface area contributed by atoms with E-state index in [-0.39, 0.29) is 5.43 Å². The molecule has 1 aromatic heterocycles. The minimum absolute atomic E-state index is 0.0347. The van der Waals surface area contributed by atoms with Gasteiger partial charge < -0.3 is 4.42 Å². The summed E-state index contributed by atoms with van der Waals surface area (Å²) in [5.41, 5.74) is 6.73. The van der Waals surface area contributed by atoms with Crippen LogP contribution in [0.1, 0.15) is 68.2 Å². The van der Waals surface area contributed by atoms with Gasteiger partial charge in [-0.25, -0.2) is 0 Å². The van der Waals surface area contributed by atoms with E-state index >= 15 is 0 Å². The fourth-order valence-corrected chi connectivity index (χ4v) is 3.82. The first kappa shape index (κ1) is 31.4. The third-order valence-electron chi connectivity index (χ3n) is 5.47. The van der Waals surface area contributed by atoms with E-state index in [0.717, 1.165) is 12.8 Å². The molecule has 2 aliphatic rings. The van der Waals surface area contributed by atoms with Crippen LogP contribution in [0.25, 0.3) is 21.9 Å². The van der Waals surface area contributed by atoms with Gasteiger partial charge in [-0.05, 0) is 73.2 Å². The third kappa shape index (κ3) is 8.75. The minimum Gasteiger partial charge on any atom is -0.456 e. The Kier molecular flexibility index (Phi) is 15.0. The Morgan fingerprint density at radius 1 is 0.541 bits per heavy atom. The van der Waals surface area contributed by atoms with Crippen LogP contribution < -0.4 is 5.43 Å². The summed E-state index contributed by atoms with van der Waals surface area (Å²) in [6.07, 6.45) is 19.9. The Bertz CT molecular complexity index is 1250. The van der Waals surface area contributed by atoms with E-state index in [0.29, 0.717) is 21.9 Å². The van der Waals surface area contributed by atoms with Crippen LogP contribution in [0.3, 0.4) is 0 Å². The van der Waals surface area contributed by atoms with Gasteiger partial charge in [0.15, 0.2) is 0 Å². The van der Waals surface area contributed by atoms with Crippen molar-refractivity contribution >= 4 is 21.9 Å². The highest BCUT2D eigenvalue weighted by molar-refractivity contribution is 5.89. The summed E-state index contributed by atoms with van der Waals surface area (Å²) >= 11 is 0. The molecule has 0 aliphatic heterocycles. The topological polar surface area (TPSA) is 30.2 Å². The summed E-state index contributed by atoms with van der Waals surface area (Å²) in [7, 11) is 0. The highest BCUT2D eigenvalue weighted by Gasteiger charge is 2.07. The van der Waals surface area contributed by atoms with E-state index in [1.54, 1.807) is 12.1 Å². The van der Waals surface area contributed by atoms with Crippen LogP contribution in [0.15, 0.2) is 129 Å². The van der Waals surface area contributed by atoms with E-state index in [1.807, 2.05) is 77.9 Å². The van der Waals surface area contributed by atoms with E-state index < -0.39 is 0 Å². The van der Waals surface area contributed by atoms with Crippen LogP contribution >= 0.6 is 0 Å². The lowest BCUT2D eigenvalue weighted by Crippen LogP contribution is -2.01. The SMILES string of the molecule is CC.CC.CC.CC1=C(C2=C(C)C=CCC=C2)C=CCC=C1.O=c1c2ccccc2oc2ccccc12. The van der Waals surface area contributed by atoms with Crippen molar-refractivity contribution in [2.24, 2.45) is 0 Å². The van der Waals surface area contributed by atoms with E-state index in [2.05, 4.69) is 62.5 Å². The van der Waals surface area contributed by atoms with Crippen LogP contribution in [-0.2, 0) is 0 Å². The largest absolute Gasteiger partial charge is 0.456 e. The molecule has 0 N–H and O–H groups in total. The van der Waals surface area contributed by atoms with Crippen LogP contribution in [0.5, 0.6) is 0 Å². The third-order valence-corrected chi connectivity index (χ3v) is 5.47. The van der Waals surface area contributed by atoms with Gasteiger partial charge in [0, 0.05) is 0 Å². The van der Waals surface area contributed by atoms with Gasteiger partial charge in [0.05, 0.1) is 10.8 Å². The normalized spacial score (nSPS) is 13.7. The van der Waals surface area contributed by atoms with Gasteiger partial charge in [-0.2, -0.15) is 0 Å². The van der Waals surface area contributed by atoms with E-state index in [1.165, 1.54) is 22.3 Å². The summed E-state index contributed by atoms with van der Waals surface area (Å²) < 4.78 is 5.63. The van der Waals surface area contributed by atoms with Crippen LogP contribution in [0, 0.1) is 0 Å². The van der Waals surface area contributed by atoms with Gasteiger partial charge in [-0.1, -0.05) is 114 Å². The van der Waals surface area contributed by atoms with Crippen molar-refractivity contribution in [1.29, 1.82) is 0 Å². The van der Waals surface area contributed by atoms with Crippen LogP contribution in [0.4, 0.5) is 0 Å². The highest BCUT2D eigenvalue weighted by Crippen LogP contribution is 2.26. The lowest BCUT2D eigenvalue weighted by atomic mass is 9.96. The Morgan fingerprint density at radius 3 is 1.30 bits per heavy atom. The van der Waals surface area contributed by atoms with Crippen LogP contribution in [-0.4, -0.2) is 0 Å². The van der Waals surface area contributed by atoms with Crippen molar-refractivity contribution in [2.45, 2.75) is 68.2 Å². The quantitative estimate of drug-likeness (QED) is 0.314. The highest BCUT2D eigenvalue weighted by atomic mass is 16.3. The standard InChI is InChI=1S/C16H18.C13H8O2.3C2H6/c1-13-9-5-3-7-11-15(13)16-12-8-4-6-10-14(16)2;14-13-9-5-1-3-7-11(9)15-12-8-4-2-6-10(12)13;3*1-2/h5-12H,3-4H2,1-2H3;1-8H;3*1-2H3. The minimum atomic E-state index is 0.0347. The molecule has 1 heterocycles. The zero-order chi connectivity index (χ0) is 27.6. The molecule has 37 heavy (non-hydrogen) atoms. The number of benzene rings is 2. The zero-order valence-electron chi connectivity index (χ0n) is 24.0. The van der Waals surface area contributed by atoms with Gasteiger partial charge in [-0.3, -0.25) is 4.79 Å². The second kappa shape index (κ2) is 17.7. The molecule has 0 bridgehead atoms. The second-order valence-corrected chi connectivity index (χ2v) is 7.70. The maximum absolute atomic E-state index is 12.0. The Hall–Kier alpha value is -3.65. The molecule has 0 fully saturated rings. The van der Waals surface area contributed by atoms with Crippen molar-refractivity contribution in [3.63, 3.8) is 0 Å². The van der Waals surface area contributed by atoms with Crippen molar-refractivity contribution in [3.8, 4) is 0 Å². The molecule has 3 aromatic rings. The summed E-state index contributed by atoms with van der Waals surface area (Å²) in [5.74, 6) is 0. The number of fused-ring (bicyclic) bond motifs is 2. The first-order chi connectivity index (χ1) is 18.1. The molecule has 0 spiro atoms. The maximum atomic E-state index is 12.0. The van der Waals surface area contributed by atoms with Crippen LogP contribution in [0.2, 0.25) is 0 Å².